The number of carbonyl (C=O) groups is 1. The van der Waals surface area contributed by atoms with E-state index in [0.717, 1.165) is 17.7 Å². The van der Waals surface area contributed by atoms with Crippen LogP contribution in [-0.2, 0) is 6.54 Å². The Balaban J connectivity index is 2.11. The van der Waals surface area contributed by atoms with Gasteiger partial charge in [0.15, 0.2) is 0 Å². The highest BCUT2D eigenvalue weighted by atomic mass is 35.5. The van der Waals surface area contributed by atoms with Crippen molar-refractivity contribution < 1.29 is 23.4 Å². The van der Waals surface area contributed by atoms with Crippen molar-refractivity contribution in [3.05, 3.63) is 87.0 Å². The molecule has 4 rings (SSSR count). The maximum absolute atomic E-state index is 14.4. The Bertz CT molecular complexity index is 1380. The summed E-state index contributed by atoms with van der Waals surface area (Å²) in [7, 11) is 1.50. The van der Waals surface area contributed by atoms with Gasteiger partial charge in [-0.05, 0) is 30.7 Å². The Hall–Kier alpha value is -3.09. The third kappa shape index (κ3) is 3.70. The third-order valence-corrected chi connectivity index (χ3v) is 6.06. The highest BCUT2D eigenvalue weighted by molar-refractivity contribution is 6.43. The van der Waals surface area contributed by atoms with Crippen molar-refractivity contribution in [2.24, 2.45) is 0 Å². The van der Waals surface area contributed by atoms with E-state index in [1.807, 2.05) is 13.0 Å². The van der Waals surface area contributed by atoms with Crippen molar-refractivity contribution in [2.75, 3.05) is 7.11 Å². The van der Waals surface area contributed by atoms with Crippen LogP contribution in [0, 0.1) is 18.6 Å². The number of methoxy groups -OCH3 is 1. The molecule has 0 aliphatic rings. The minimum absolute atomic E-state index is 0.0917. The molecule has 0 bridgehead atoms. The fourth-order valence-corrected chi connectivity index (χ4v) is 4.26. The second-order valence-corrected chi connectivity index (χ2v) is 8.10. The molecule has 0 radical (unpaired) electrons. The lowest BCUT2D eigenvalue weighted by molar-refractivity contribution is 0.0687. The maximum Gasteiger partial charge on any atom is 0.353 e. The predicted molar refractivity (Wildman–Crippen MR) is 121 cm³/mol. The quantitative estimate of drug-likeness (QED) is 0.339. The zero-order chi connectivity index (χ0) is 23.2. The average Bonchev–Trinajstić information content (AvgIpc) is 3.03. The molecular weight excluding hydrogens is 459 g/mol. The predicted octanol–water partition coefficient (Wildman–Crippen LogP) is 6.96. The van der Waals surface area contributed by atoms with E-state index in [2.05, 4.69) is 0 Å². The van der Waals surface area contributed by atoms with Crippen LogP contribution >= 0.6 is 23.2 Å². The summed E-state index contributed by atoms with van der Waals surface area (Å²) >= 11 is 12.5. The monoisotopic (exact) mass is 475 g/mol. The van der Waals surface area contributed by atoms with E-state index in [9.17, 15) is 18.7 Å². The SMILES string of the molecule is COc1c(C)cccc1-c1c(C(=O)O)n(Cc2ccc(F)cc2F)c2cc(Cl)c(Cl)cc12. The first-order valence-electron chi connectivity index (χ1n) is 9.55. The molecule has 4 aromatic rings. The summed E-state index contributed by atoms with van der Waals surface area (Å²) in [6, 6.07) is 11.7. The standard InChI is InChI=1S/C24H17Cl2F2NO3/c1-12-4-3-5-15(23(12)32-2)21-16-9-17(25)18(26)10-20(16)29(22(21)24(30)31)11-13-6-7-14(27)8-19(13)28/h3-10H,11H2,1-2H3,(H,30,31). The molecule has 164 valence electrons. The molecule has 8 heteroatoms. The van der Waals surface area contributed by atoms with Gasteiger partial charge in [-0.1, -0.05) is 47.5 Å². The van der Waals surface area contributed by atoms with Gasteiger partial charge in [0.2, 0.25) is 0 Å². The van der Waals surface area contributed by atoms with Crippen LogP contribution in [0.5, 0.6) is 5.75 Å². The average molecular weight is 476 g/mol. The molecule has 1 N–H and O–H groups in total. The molecule has 0 spiro atoms. The normalized spacial score (nSPS) is 11.2. The minimum atomic E-state index is -1.23. The summed E-state index contributed by atoms with van der Waals surface area (Å²) in [4.78, 5) is 12.5. The lowest BCUT2D eigenvalue weighted by Crippen LogP contribution is -2.11. The summed E-state index contributed by atoms with van der Waals surface area (Å²) in [5.41, 5.74) is 2.21. The molecular formula is C24H17Cl2F2NO3. The molecule has 0 saturated carbocycles. The van der Waals surface area contributed by atoms with Crippen molar-refractivity contribution in [1.29, 1.82) is 0 Å². The Labute approximate surface area is 192 Å². The van der Waals surface area contributed by atoms with Gasteiger partial charge >= 0.3 is 5.97 Å². The summed E-state index contributed by atoms with van der Waals surface area (Å²) in [6.45, 7) is 1.69. The van der Waals surface area contributed by atoms with Gasteiger partial charge in [-0.2, -0.15) is 0 Å². The zero-order valence-electron chi connectivity index (χ0n) is 17.0. The van der Waals surface area contributed by atoms with E-state index in [1.165, 1.54) is 17.7 Å². The summed E-state index contributed by atoms with van der Waals surface area (Å²) < 4.78 is 34.9. The molecule has 32 heavy (non-hydrogen) atoms. The first-order valence-corrected chi connectivity index (χ1v) is 10.3. The topological polar surface area (TPSA) is 51.5 Å². The van der Waals surface area contributed by atoms with Crippen LogP contribution in [0.15, 0.2) is 48.5 Å². The highest BCUT2D eigenvalue weighted by Crippen LogP contribution is 2.43. The smallest absolute Gasteiger partial charge is 0.353 e. The molecule has 1 aromatic heterocycles. The lowest BCUT2D eigenvalue weighted by Gasteiger charge is -2.13. The van der Waals surface area contributed by atoms with Crippen molar-refractivity contribution in [2.45, 2.75) is 13.5 Å². The van der Waals surface area contributed by atoms with Crippen LogP contribution in [-0.4, -0.2) is 22.8 Å². The lowest BCUT2D eigenvalue weighted by atomic mass is 9.98. The van der Waals surface area contributed by atoms with Crippen molar-refractivity contribution in [3.63, 3.8) is 0 Å². The van der Waals surface area contributed by atoms with E-state index in [-0.39, 0.29) is 27.8 Å². The molecule has 4 nitrogen and oxygen atoms in total. The van der Waals surface area contributed by atoms with Gasteiger partial charge < -0.3 is 14.4 Å². The third-order valence-electron chi connectivity index (χ3n) is 5.34. The van der Waals surface area contributed by atoms with Crippen molar-refractivity contribution >= 4 is 40.1 Å². The molecule has 1 heterocycles. The minimum Gasteiger partial charge on any atom is -0.496 e. The van der Waals surface area contributed by atoms with Crippen LogP contribution < -0.4 is 4.74 Å². The van der Waals surface area contributed by atoms with Crippen LogP contribution in [0.2, 0.25) is 10.0 Å². The number of carboxylic acids is 1. The number of ether oxygens (including phenoxy) is 1. The molecule has 0 aliphatic heterocycles. The molecule has 0 atom stereocenters. The fourth-order valence-electron chi connectivity index (χ4n) is 3.94. The van der Waals surface area contributed by atoms with E-state index in [4.69, 9.17) is 27.9 Å². The van der Waals surface area contributed by atoms with Gasteiger partial charge in [0.25, 0.3) is 0 Å². The Kier molecular flexibility index (Phi) is 5.84. The Morgan fingerprint density at radius 1 is 1.09 bits per heavy atom. The van der Waals surface area contributed by atoms with E-state index >= 15 is 0 Å². The molecule has 0 aliphatic carbocycles. The Morgan fingerprint density at radius 2 is 1.81 bits per heavy atom. The summed E-state index contributed by atoms with van der Waals surface area (Å²) in [5.74, 6) is -2.22. The molecule has 0 amide bonds. The van der Waals surface area contributed by atoms with Crippen LogP contribution in [0.25, 0.3) is 22.0 Å². The number of carboxylic acid groups (broad SMARTS) is 1. The van der Waals surface area contributed by atoms with Gasteiger partial charge in [0.05, 0.1) is 29.2 Å². The molecule has 0 fully saturated rings. The molecule has 0 saturated heterocycles. The van der Waals surface area contributed by atoms with E-state index in [0.29, 0.717) is 27.8 Å². The number of rotatable bonds is 5. The van der Waals surface area contributed by atoms with Crippen LogP contribution in [0.3, 0.4) is 0 Å². The number of para-hydroxylation sites is 1. The first-order chi connectivity index (χ1) is 15.2. The zero-order valence-corrected chi connectivity index (χ0v) is 18.6. The van der Waals surface area contributed by atoms with Crippen molar-refractivity contribution in [1.82, 2.24) is 4.57 Å². The number of benzene rings is 3. The number of aromatic nitrogens is 1. The van der Waals surface area contributed by atoms with Gasteiger partial charge in [0, 0.05) is 28.1 Å². The summed E-state index contributed by atoms with van der Waals surface area (Å²) in [6.07, 6.45) is 0. The largest absolute Gasteiger partial charge is 0.496 e. The number of halogens is 4. The number of hydrogen-bond donors (Lipinski definition) is 1. The maximum atomic E-state index is 14.4. The number of aromatic carboxylic acids is 1. The number of nitrogens with zero attached hydrogens (tertiary/aromatic N) is 1. The number of hydrogen-bond acceptors (Lipinski definition) is 2. The van der Waals surface area contributed by atoms with Gasteiger partial charge in [-0.3, -0.25) is 0 Å². The Morgan fingerprint density at radius 3 is 2.47 bits per heavy atom. The van der Waals surface area contributed by atoms with Gasteiger partial charge in [0.1, 0.15) is 23.1 Å². The van der Waals surface area contributed by atoms with Crippen molar-refractivity contribution in [3.8, 4) is 16.9 Å². The first kappa shape index (κ1) is 22.1. The summed E-state index contributed by atoms with van der Waals surface area (Å²) in [5, 5.41) is 11.2. The molecule has 3 aromatic carbocycles. The second kappa shape index (κ2) is 8.45. The van der Waals surface area contributed by atoms with E-state index in [1.54, 1.807) is 24.3 Å². The second-order valence-electron chi connectivity index (χ2n) is 7.29. The molecule has 0 unspecified atom stereocenters. The van der Waals surface area contributed by atoms with Crippen LogP contribution in [0.1, 0.15) is 21.6 Å². The van der Waals surface area contributed by atoms with E-state index < -0.39 is 17.6 Å². The number of aryl methyl sites for hydroxylation is 1. The highest BCUT2D eigenvalue weighted by Gasteiger charge is 2.27. The van der Waals surface area contributed by atoms with Gasteiger partial charge in [-0.15, -0.1) is 0 Å². The fraction of sp³-hybridized carbons (Fsp3) is 0.125. The number of fused-ring (bicyclic) bond motifs is 1. The van der Waals surface area contributed by atoms with Gasteiger partial charge in [-0.25, -0.2) is 13.6 Å². The van der Waals surface area contributed by atoms with Crippen LogP contribution in [0.4, 0.5) is 8.78 Å².